The lowest BCUT2D eigenvalue weighted by Crippen LogP contribution is -2.14. The van der Waals surface area contributed by atoms with Gasteiger partial charge in [0.05, 0.1) is 18.9 Å². The van der Waals surface area contributed by atoms with E-state index in [0.29, 0.717) is 34.2 Å². The molecule has 1 amide bonds. The molecule has 32 heavy (non-hydrogen) atoms. The number of para-hydroxylation sites is 3. The maximum atomic E-state index is 12.8. The third-order valence-electron chi connectivity index (χ3n) is 4.33. The second-order valence-electron chi connectivity index (χ2n) is 7.11. The fraction of sp³-hybridized carbons (Fsp3) is 0.154. The van der Waals surface area contributed by atoms with E-state index in [4.69, 9.17) is 14.2 Å². The molecule has 6 heteroatoms. The van der Waals surface area contributed by atoms with E-state index in [9.17, 15) is 10.1 Å². The molecule has 3 rings (SSSR count). The summed E-state index contributed by atoms with van der Waals surface area (Å²) in [6.07, 6.45) is 1.49. The minimum atomic E-state index is -0.543. The third kappa shape index (κ3) is 5.89. The number of anilines is 1. The molecular weight excluding hydrogens is 404 g/mol. The van der Waals surface area contributed by atoms with Gasteiger partial charge < -0.3 is 19.5 Å². The number of benzene rings is 3. The van der Waals surface area contributed by atoms with Crippen LogP contribution in [-0.2, 0) is 4.79 Å². The van der Waals surface area contributed by atoms with Gasteiger partial charge in [-0.3, -0.25) is 4.79 Å². The van der Waals surface area contributed by atoms with Crippen LogP contribution in [0, 0.1) is 11.3 Å². The fourth-order valence-corrected chi connectivity index (χ4v) is 2.90. The lowest BCUT2D eigenvalue weighted by molar-refractivity contribution is -0.112. The molecule has 0 fully saturated rings. The summed E-state index contributed by atoms with van der Waals surface area (Å²) in [5.74, 6) is 1.68. The molecule has 1 N–H and O–H groups in total. The van der Waals surface area contributed by atoms with Crippen LogP contribution in [0.1, 0.15) is 19.4 Å². The number of carbonyl (C=O) groups is 1. The first kappa shape index (κ1) is 22.4. The maximum absolute atomic E-state index is 12.8. The highest BCUT2D eigenvalue weighted by Crippen LogP contribution is 2.31. The van der Waals surface area contributed by atoms with Gasteiger partial charge in [0, 0.05) is 0 Å². The van der Waals surface area contributed by atoms with Crippen molar-refractivity contribution >= 4 is 17.7 Å². The largest absolute Gasteiger partial charge is 0.493 e. The van der Waals surface area contributed by atoms with E-state index in [1.54, 1.807) is 36.4 Å². The molecule has 0 saturated heterocycles. The number of nitrogens with zero attached hydrogens (tertiary/aromatic N) is 1. The Kier molecular flexibility index (Phi) is 7.50. The van der Waals surface area contributed by atoms with Gasteiger partial charge in [0.15, 0.2) is 17.2 Å². The third-order valence-corrected chi connectivity index (χ3v) is 4.33. The van der Waals surface area contributed by atoms with E-state index in [2.05, 4.69) is 5.32 Å². The molecule has 0 aromatic heterocycles. The van der Waals surface area contributed by atoms with Crippen LogP contribution in [0.2, 0.25) is 0 Å². The molecule has 0 radical (unpaired) electrons. The molecule has 0 aliphatic heterocycles. The zero-order valence-electron chi connectivity index (χ0n) is 18.2. The molecule has 0 bridgehead atoms. The highest BCUT2D eigenvalue weighted by atomic mass is 16.5. The number of carbonyl (C=O) groups excluding carboxylic acids is 1. The van der Waals surface area contributed by atoms with Crippen LogP contribution in [0.4, 0.5) is 5.69 Å². The first-order valence-electron chi connectivity index (χ1n) is 10.1. The van der Waals surface area contributed by atoms with Crippen LogP contribution in [-0.4, -0.2) is 19.1 Å². The fourth-order valence-electron chi connectivity index (χ4n) is 2.90. The number of amides is 1. The van der Waals surface area contributed by atoms with Gasteiger partial charge in [-0.2, -0.15) is 5.26 Å². The standard InChI is InChI=1S/C26H24N2O4/c1-18(2)31-24-14-13-19(16-25(24)30-3)15-20(17-27)26(29)28-22-11-7-8-12-23(22)32-21-9-5-4-6-10-21/h4-16,18H,1-3H3,(H,28,29)/b20-15+. The number of rotatable bonds is 8. The molecule has 0 atom stereocenters. The normalized spacial score (nSPS) is 10.9. The summed E-state index contributed by atoms with van der Waals surface area (Å²) in [7, 11) is 1.54. The number of methoxy groups -OCH3 is 1. The monoisotopic (exact) mass is 428 g/mol. The Bertz CT molecular complexity index is 1150. The Hall–Kier alpha value is -4.24. The van der Waals surface area contributed by atoms with E-state index in [-0.39, 0.29) is 11.7 Å². The van der Waals surface area contributed by atoms with Crippen molar-refractivity contribution in [3.8, 4) is 29.1 Å². The van der Waals surface area contributed by atoms with Gasteiger partial charge in [-0.05, 0) is 61.9 Å². The van der Waals surface area contributed by atoms with Gasteiger partial charge in [-0.15, -0.1) is 0 Å². The number of nitrogens with one attached hydrogen (secondary N) is 1. The summed E-state index contributed by atoms with van der Waals surface area (Å²) >= 11 is 0. The molecule has 0 unspecified atom stereocenters. The zero-order chi connectivity index (χ0) is 22.9. The van der Waals surface area contributed by atoms with Crippen LogP contribution < -0.4 is 19.5 Å². The van der Waals surface area contributed by atoms with Crippen molar-refractivity contribution < 1.29 is 19.0 Å². The number of nitriles is 1. The topological polar surface area (TPSA) is 80.6 Å². The van der Waals surface area contributed by atoms with Gasteiger partial charge in [0.1, 0.15) is 17.4 Å². The number of hydrogen-bond donors (Lipinski definition) is 1. The molecule has 0 spiro atoms. The second-order valence-corrected chi connectivity index (χ2v) is 7.11. The minimum Gasteiger partial charge on any atom is -0.493 e. The highest BCUT2D eigenvalue weighted by Gasteiger charge is 2.14. The molecule has 3 aromatic carbocycles. The van der Waals surface area contributed by atoms with Crippen molar-refractivity contribution in [2.24, 2.45) is 0 Å². The van der Waals surface area contributed by atoms with E-state index in [1.807, 2.05) is 56.3 Å². The van der Waals surface area contributed by atoms with Crippen LogP contribution >= 0.6 is 0 Å². The van der Waals surface area contributed by atoms with Gasteiger partial charge in [0.25, 0.3) is 5.91 Å². The molecule has 0 aliphatic carbocycles. The van der Waals surface area contributed by atoms with Crippen molar-refractivity contribution in [1.82, 2.24) is 0 Å². The average molecular weight is 428 g/mol. The van der Waals surface area contributed by atoms with Crippen molar-refractivity contribution in [2.75, 3.05) is 12.4 Å². The Balaban J connectivity index is 1.81. The Morgan fingerprint density at radius 3 is 2.38 bits per heavy atom. The Labute approximate surface area is 187 Å². The summed E-state index contributed by atoms with van der Waals surface area (Å²) in [5, 5.41) is 12.3. The van der Waals surface area contributed by atoms with Gasteiger partial charge in [0.2, 0.25) is 0 Å². The molecule has 162 valence electrons. The molecule has 6 nitrogen and oxygen atoms in total. The SMILES string of the molecule is COc1cc(/C=C(\C#N)C(=O)Nc2ccccc2Oc2ccccc2)ccc1OC(C)C. The number of hydrogen-bond acceptors (Lipinski definition) is 5. The van der Waals surface area contributed by atoms with E-state index >= 15 is 0 Å². The van der Waals surface area contributed by atoms with Crippen LogP contribution in [0.25, 0.3) is 6.08 Å². The van der Waals surface area contributed by atoms with Gasteiger partial charge in [-0.1, -0.05) is 36.4 Å². The van der Waals surface area contributed by atoms with Crippen LogP contribution in [0.15, 0.2) is 78.4 Å². The Morgan fingerprint density at radius 2 is 1.69 bits per heavy atom. The predicted molar refractivity (Wildman–Crippen MR) is 124 cm³/mol. The minimum absolute atomic E-state index is 0.0103. The van der Waals surface area contributed by atoms with E-state index in [0.717, 1.165) is 0 Å². The summed E-state index contributed by atoms with van der Waals surface area (Å²) in [5.41, 5.74) is 1.04. The predicted octanol–water partition coefficient (Wildman–Crippen LogP) is 5.82. The molecule has 0 heterocycles. The summed E-state index contributed by atoms with van der Waals surface area (Å²) in [6.45, 7) is 3.84. The molecular formula is C26H24N2O4. The average Bonchev–Trinajstić information content (AvgIpc) is 2.79. The lowest BCUT2D eigenvalue weighted by atomic mass is 10.1. The molecule has 0 aliphatic rings. The first-order chi connectivity index (χ1) is 15.5. The summed E-state index contributed by atoms with van der Waals surface area (Å²) in [6, 6.07) is 23.5. The zero-order valence-corrected chi connectivity index (χ0v) is 18.2. The first-order valence-corrected chi connectivity index (χ1v) is 10.1. The smallest absolute Gasteiger partial charge is 0.266 e. The Morgan fingerprint density at radius 1 is 0.969 bits per heavy atom. The highest BCUT2D eigenvalue weighted by molar-refractivity contribution is 6.10. The molecule has 0 saturated carbocycles. The van der Waals surface area contributed by atoms with E-state index in [1.165, 1.54) is 13.2 Å². The lowest BCUT2D eigenvalue weighted by Gasteiger charge is -2.14. The second kappa shape index (κ2) is 10.7. The van der Waals surface area contributed by atoms with Crippen molar-refractivity contribution in [3.05, 3.63) is 83.9 Å². The van der Waals surface area contributed by atoms with Crippen molar-refractivity contribution in [3.63, 3.8) is 0 Å². The quantitative estimate of drug-likeness (QED) is 0.361. The maximum Gasteiger partial charge on any atom is 0.266 e. The van der Waals surface area contributed by atoms with Crippen LogP contribution in [0.5, 0.6) is 23.0 Å². The summed E-state index contributed by atoms with van der Waals surface area (Å²) in [4.78, 5) is 12.8. The summed E-state index contributed by atoms with van der Waals surface area (Å²) < 4.78 is 17.0. The number of ether oxygens (including phenoxy) is 3. The van der Waals surface area contributed by atoms with Crippen LogP contribution in [0.3, 0.4) is 0 Å². The van der Waals surface area contributed by atoms with Crippen molar-refractivity contribution in [1.29, 1.82) is 5.26 Å². The van der Waals surface area contributed by atoms with Crippen molar-refractivity contribution in [2.45, 2.75) is 20.0 Å². The van der Waals surface area contributed by atoms with Gasteiger partial charge >= 0.3 is 0 Å². The van der Waals surface area contributed by atoms with E-state index < -0.39 is 5.91 Å². The van der Waals surface area contributed by atoms with Gasteiger partial charge in [-0.25, -0.2) is 0 Å². The molecule has 3 aromatic rings.